The highest BCUT2D eigenvalue weighted by Crippen LogP contribution is 2.20. The van der Waals surface area contributed by atoms with Crippen LogP contribution in [0.2, 0.25) is 0 Å². The first-order valence-electron chi connectivity index (χ1n) is 9.04. The van der Waals surface area contributed by atoms with Gasteiger partial charge in [-0.2, -0.15) is 0 Å². The van der Waals surface area contributed by atoms with Crippen molar-refractivity contribution in [2.75, 3.05) is 25.5 Å². The molecule has 2 amide bonds. The first kappa shape index (κ1) is 18.1. The minimum atomic E-state index is -0.189. The van der Waals surface area contributed by atoms with E-state index in [9.17, 15) is 9.59 Å². The Kier molecular flexibility index (Phi) is 6.02. The van der Waals surface area contributed by atoms with Gasteiger partial charge in [-0.15, -0.1) is 0 Å². The van der Waals surface area contributed by atoms with Crippen molar-refractivity contribution >= 4 is 17.5 Å². The molecule has 1 aliphatic rings. The molecule has 2 N–H and O–H groups in total. The van der Waals surface area contributed by atoms with E-state index in [4.69, 9.17) is 0 Å². The van der Waals surface area contributed by atoms with Crippen LogP contribution in [0.5, 0.6) is 0 Å². The highest BCUT2D eigenvalue weighted by Gasteiger charge is 2.25. The summed E-state index contributed by atoms with van der Waals surface area (Å²) in [6.45, 7) is 2.24. The van der Waals surface area contributed by atoms with E-state index in [1.807, 2.05) is 49.5 Å². The summed E-state index contributed by atoms with van der Waals surface area (Å²) in [5, 5.41) is 5.87. The molecule has 1 atom stereocenters. The van der Waals surface area contributed by atoms with Crippen molar-refractivity contribution < 1.29 is 9.59 Å². The highest BCUT2D eigenvalue weighted by atomic mass is 16.2. The Hall–Kier alpha value is -2.66. The number of hydrogen-bond acceptors (Lipinski definition) is 3. The van der Waals surface area contributed by atoms with Crippen LogP contribution in [0.3, 0.4) is 0 Å². The van der Waals surface area contributed by atoms with Crippen molar-refractivity contribution in [1.82, 2.24) is 10.2 Å². The summed E-state index contributed by atoms with van der Waals surface area (Å²) in [4.78, 5) is 27.3. The number of piperidine rings is 1. The maximum atomic E-state index is 12.6. The van der Waals surface area contributed by atoms with Crippen LogP contribution in [-0.4, -0.2) is 36.9 Å². The summed E-state index contributed by atoms with van der Waals surface area (Å²) in [7, 11) is 2.03. The van der Waals surface area contributed by atoms with Crippen LogP contribution < -0.4 is 10.6 Å². The summed E-state index contributed by atoms with van der Waals surface area (Å²) in [6, 6.07) is 16.9. The summed E-state index contributed by atoms with van der Waals surface area (Å²) in [5.74, 6) is -0.237. The predicted octanol–water partition coefficient (Wildman–Crippen LogP) is 2.90. The summed E-state index contributed by atoms with van der Waals surface area (Å²) in [5.41, 5.74) is 2.09. The van der Waals surface area contributed by atoms with Gasteiger partial charge in [0.2, 0.25) is 5.91 Å². The van der Waals surface area contributed by atoms with Crippen molar-refractivity contribution in [3.05, 3.63) is 65.7 Å². The third-order valence-electron chi connectivity index (χ3n) is 4.72. The second-order valence-corrected chi connectivity index (χ2v) is 6.80. The summed E-state index contributed by atoms with van der Waals surface area (Å²) >= 11 is 0. The molecule has 3 rings (SSSR count). The number of hydrogen-bond donors (Lipinski definition) is 2. The van der Waals surface area contributed by atoms with E-state index in [-0.39, 0.29) is 17.7 Å². The number of benzene rings is 2. The van der Waals surface area contributed by atoms with Gasteiger partial charge in [0.15, 0.2) is 0 Å². The normalized spacial score (nSPS) is 17.5. The number of carbonyl (C=O) groups is 2. The molecule has 2 aromatic carbocycles. The Labute approximate surface area is 154 Å². The maximum absolute atomic E-state index is 12.6. The summed E-state index contributed by atoms with van der Waals surface area (Å²) in [6.07, 6.45) is 1.91. The quantitative estimate of drug-likeness (QED) is 0.871. The minimum Gasteiger partial charge on any atom is -0.348 e. The fourth-order valence-corrected chi connectivity index (χ4v) is 3.28. The Morgan fingerprint density at radius 2 is 1.81 bits per heavy atom. The molecule has 5 heteroatoms. The molecule has 1 fully saturated rings. The molecule has 2 aromatic rings. The average molecular weight is 351 g/mol. The lowest BCUT2D eigenvalue weighted by Crippen LogP contribution is -2.38. The number of nitrogens with zero attached hydrogens (tertiary/aromatic N) is 1. The molecule has 136 valence electrons. The van der Waals surface area contributed by atoms with Crippen LogP contribution in [0.1, 0.15) is 28.8 Å². The third kappa shape index (κ3) is 4.70. The number of amides is 2. The molecular formula is C21H25N3O2. The molecule has 0 spiro atoms. The molecule has 1 aliphatic heterocycles. The maximum Gasteiger partial charge on any atom is 0.253 e. The highest BCUT2D eigenvalue weighted by molar-refractivity contribution is 6.04. The Morgan fingerprint density at radius 1 is 1.08 bits per heavy atom. The topological polar surface area (TPSA) is 61.4 Å². The monoisotopic (exact) mass is 351 g/mol. The Balaban J connectivity index is 1.65. The SMILES string of the molecule is CN1CCC[C@H](C(=O)Nc2ccccc2C(=O)NCc2ccccc2)C1. The number of likely N-dealkylation sites (tertiary alicyclic amines) is 1. The fraction of sp³-hybridized carbons (Fsp3) is 0.333. The zero-order valence-corrected chi connectivity index (χ0v) is 15.1. The minimum absolute atomic E-state index is 0.0140. The lowest BCUT2D eigenvalue weighted by molar-refractivity contribution is -0.121. The van der Waals surface area contributed by atoms with Gasteiger partial charge in [0.25, 0.3) is 5.91 Å². The zero-order chi connectivity index (χ0) is 18.4. The first-order chi connectivity index (χ1) is 12.6. The van der Waals surface area contributed by atoms with Crippen LogP contribution in [0.4, 0.5) is 5.69 Å². The molecule has 0 bridgehead atoms. The van der Waals surface area contributed by atoms with Crippen molar-refractivity contribution in [1.29, 1.82) is 0 Å². The van der Waals surface area contributed by atoms with Crippen molar-refractivity contribution in [2.45, 2.75) is 19.4 Å². The number of carbonyl (C=O) groups excluding carboxylic acids is 2. The number of para-hydroxylation sites is 1. The molecule has 0 aromatic heterocycles. The van der Waals surface area contributed by atoms with Gasteiger partial charge in [0.1, 0.15) is 0 Å². The largest absolute Gasteiger partial charge is 0.348 e. The van der Waals surface area contributed by atoms with Crippen molar-refractivity contribution in [3.63, 3.8) is 0 Å². The van der Waals surface area contributed by atoms with Crippen molar-refractivity contribution in [3.8, 4) is 0 Å². The van der Waals surface area contributed by atoms with Gasteiger partial charge in [-0.05, 0) is 44.1 Å². The first-order valence-corrected chi connectivity index (χ1v) is 9.04. The molecule has 0 saturated carbocycles. The standard InChI is InChI=1S/C21H25N3O2/c1-24-13-7-10-17(15-24)20(25)23-19-12-6-5-11-18(19)21(26)22-14-16-8-3-2-4-9-16/h2-6,8-9,11-12,17H,7,10,13-15H2,1H3,(H,22,26)(H,23,25)/t17-/m0/s1. The van der Waals surface area contributed by atoms with E-state index < -0.39 is 0 Å². The van der Waals surface area contributed by atoms with Gasteiger partial charge in [0.05, 0.1) is 17.2 Å². The molecule has 5 nitrogen and oxygen atoms in total. The molecule has 1 saturated heterocycles. The Morgan fingerprint density at radius 3 is 2.58 bits per heavy atom. The fourth-order valence-electron chi connectivity index (χ4n) is 3.28. The average Bonchev–Trinajstić information content (AvgIpc) is 2.67. The van der Waals surface area contributed by atoms with Gasteiger partial charge < -0.3 is 15.5 Å². The molecule has 1 heterocycles. The molecule has 0 aliphatic carbocycles. The molecule has 26 heavy (non-hydrogen) atoms. The van der Waals surface area contributed by atoms with Crippen LogP contribution in [-0.2, 0) is 11.3 Å². The van der Waals surface area contributed by atoms with Gasteiger partial charge in [-0.1, -0.05) is 42.5 Å². The third-order valence-corrected chi connectivity index (χ3v) is 4.72. The van der Waals surface area contributed by atoms with E-state index >= 15 is 0 Å². The smallest absolute Gasteiger partial charge is 0.253 e. The number of nitrogens with one attached hydrogen (secondary N) is 2. The van der Waals surface area contributed by atoms with Gasteiger partial charge >= 0.3 is 0 Å². The second-order valence-electron chi connectivity index (χ2n) is 6.80. The van der Waals surface area contributed by atoms with Crippen LogP contribution in [0, 0.1) is 5.92 Å². The van der Waals surface area contributed by atoms with E-state index in [2.05, 4.69) is 15.5 Å². The lowest BCUT2D eigenvalue weighted by atomic mass is 9.97. The molecule has 0 unspecified atom stereocenters. The molecular weight excluding hydrogens is 326 g/mol. The predicted molar refractivity (Wildman–Crippen MR) is 103 cm³/mol. The van der Waals surface area contributed by atoms with Crippen LogP contribution in [0.15, 0.2) is 54.6 Å². The number of anilines is 1. The van der Waals surface area contributed by atoms with Crippen LogP contribution in [0.25, 0.3) is 0 Å². The van der Waals surface area contributed by atoms with Gasteiger partial charge in [0, 0.05) is 13.1 Å². The van der Waals surface area contributed by atoms with E-state index in [1.54, 1.807) is 12.1 Å². The number of rotatable bonds is 5. The van der Waals surface area contributed by atoms with Crippen LogP contribution >= 0.6 is 0 Å². The van der Waals surface area contributed by atoms with Gasteiger partial charge in [-0.25, -0.2) is 0 Å². The lowest BCUT2D eigenvalue weighted by Gasteiger charge is -2.28. The van der Waals surface area contributed by atoms with E-state index in [1.165, 1.54) is 0 Å². The zero-order valence-electron chi connectivity index (χ0n) is 15.1. The second kappa shape index (κ2) is 8.63. The van der Waals surface area contributed by atoms with Gasteiger partial charge in [-0.3, -0.25) is 9.59 Å². The van der Waals surface area contributed by atoms with E-state index in [0.717, 1.165) is 31.5 Å². The van der Waals surface area contributed by atoms with E-state index in [0.29, 0.717) is 17.8 Å². The van der Waals surface area contributed by atoms with Crippen molar-refractivity contribution in [2.24, 2.45) is 5.92 Å². The molecule has 0 radical (unpaired) electrons. The Bertz CT molecular complexity index is 761. The summed E-state index contributed by atoms with van der Waals surface area (Å²) < 4.78 is 0.